The number of rotatable bonds is 2. The number of hydrogen-bond donors (Lipinski definition) is 3. The van der Waals surface area contributed by atoms with Crippen LogP contribution in [0.4, 0.5) is 29.3 Å². The minimum Gasteiger partial charge on any atom is -0.388 e. The Balaban J connectivity index is 1.76. The maximum atomic E-state index is 12.9. The fourth-order valence-electron chi connectivity index (χ4n) is 2.85. The third-order valence-corrected chi connectivity index (χ3v) is 4.35. The fourth-order valence-corrected chi connectivity index (χ4v) is 3.08. The third-order valence-electron chi connectivity index (χ3n) is 4.02. The molecule has 0 aromatic heterocycles. The lowest BCUT2D eigenvalue weighted by Gasteiger charge is -2.14. The molecular weight excluding hydrogens is 357 g/mol. The van der Waals surface area contributed by atoms with Crippen molar-refractivity contribution in [3.8, 4) is 0 Å². The molecule has 0 saturated heterocycles. The van der Waals surface area contributed by atoms with E-state index >= 15 is 0 Å². The van der Waals surface area contributed by atoms with Gasteiger partial charge in [0.15, 0.2) is 0 Å². The van der Waals surface area contributed by atoms with E-state index in [1.165, 1.54) is 6.07 Å². The first-order valence-corrected chi connectivity index (χ1v) is 7.88. The quantitative estimate of drug-likeness (QED) is 0.698. The second-order valence-electron chi connectivity index (χ2n) is 5.70. The first-order valence-electron chi connectivity index (χ1n) is 7.50. The minimum atomic E-state index is -4.61. The molecule has 0 saturated carbocycles. The average molecular weight is 371 g/mol. The predicted molar refractivity (Wildman–Crippen MR) is 88.8 cm³/mol. The molecule has 25 heavy (non-hydrogen) atoms. The summed E-state index contributed by atoms with van der Waals surface area (Å²) in [4.78, 5) is 12.1. The summed E-state index contributed by atoms with van der Waals surface area (Å²) < 4.78 is 38.6. The fraction of sp³-hybridized carbons (Fsp3) is 0.235. The second kappa shape index (κ2) is 6.57. The van der Waals surface area contributed by atoms with E-state index in [0.29, 0.717) is 18.5 Å². The van der Waals surface area contributed by atoms with Crippen LogP contribution in [0.15, 0.2) is 36.4 Å². The maximum absolute atomic E-state index is 12.9. The van der Waals surface area contributed by atoms with E-state index < -0.39 is 28.9 Å². The zero-order valence-electron chi connectivity index (χ0n) is 12.8. The zero-order chi connectivity index (χ0) is 18.2. The molecule has 0 spiro atoms. The normalized spacial score (nSPS) is 16.4. The van der Waals surface area contributed by atoms with Gasteiger partial charge in [-0.1, -0.05) is 23.7 Å². The van der Waals surface area contributed by atoms with Crippen LogP contribution in [0.25, 0.3) is 0 Å². The van der Waals surface area contributed by atoms with Crippen LogP contribution >= 0.6 is 11.6 Å². The van der Waals surface area contributed by atoms with Crippen molar-refractivity contribution in [1.82, 2.24) is 0 Å². The third kappa shape index (κ3) is 3.72. The van der Waals surface area contributed by atoms with E-state index in [0.717, 1.165) is 23.3 Å². The van der Waals surface area contributed by atoms with Gasteiger partial charge in [0.1, 0.15) is 0 Å². The largest absolute Gasteiger partial charge is 0.417 e. The van der Waals surface area contributed by atoms with Crippen LogP contribution in [0, 0.1) is 0 Å². The molecule has 0 aliphatic heterocycles. The van der Waals surface area contributed by atoms with Gasteiger partial charge in [-0.25, -0.2) is 4.79 Å². The minimum absolute atomic E-state index is 0.0261. The van der Waals surface area contributed by atoms with Crippen LogP contribution in [-0.2, 0) is 12.6 Å². The molecule has 3 rings (SSSR count). The molecule has 2 aromatic rings. The van der Waals surface area contributed by atoms with E-state index in [2.05, 4.69) is 10.6 Å². The van der Waals surface area contributed by atoms with Gasteiger partial charge >= 0.3 is 12.2 Å². The van der Waals surface area contributed by atoms with Gasteiger partial charge in [0.05, 0.1) is 16.7 Å². The molecule has 8 heteroatoms. The number of aliphatic hydroxyl groups excluding tert-OH is 1. The molecule has 0 radical (unpaired) electrons. The molecule has 3 N–H and O–H groups in total. The Morgan fingerprint density at radius 1 is 1.20 bits per heavy atom. The molecule has 0 bridgehead atoms. The van der Waals surface area contributed by atoms with Crippen LogP contribution in [-0.4, -0.2) is 11.1 Å². The molecule has 1 unspecified atom stereocenters. The number of hydrogen-bond acceptors (Lipinski definition) is 2. The number of halogens is 4. The maximum Gasteiger partial charge on any atom is 0.417 e. The molecule has 0 fully saturated rings. The highest BCUT2D eigenvalue weighted by atomic mass is 35.5. The van der Waals surface area contributed by atoms with Crippen LogP contribution in [0.5, 0.6) is 0 Å². The molecule has 2 aromatic carbocycles. The number of amides is 2. The number of alkyl halides is 3. The number of urea groups is 1. The summed E-state index contributed by atoms with van der Waals surface area (Å²) in [6.07, 6.45) is -3.99. The molecule has 1 aliphatic rings. The first-order chi connectivity index (χ1) is 11.8. The standard InChI is InChI=1S/C17H14ClF3N2O2/c18-13-6-4-9(8-12(13)17(19,20)21)22-16(25)23-14-3-1-2-11-10(14)5-7-15(11)24/h1-4,6,8,15,24H,5,7H2,(H2,22,23,25). The average Bonchev–Trinajstić information content (AvgIpc) is 2.91. The topological polar surface area (TPSA) is 61.4 Å². The van der Waals surface area contributed by atoms with Crippen molar-refractivity contribution in [1.29, 1.82) is 0 Å². The molecule has 132 valence electrons. The number of benzene rings is 2. The van der Waals surface area contributed by atoms with E-state index in [-0.39, 0.29) is 5.69 Å². The Kier molecular flexibility index (Phi) is 4.62. The highest BCUT2D eigenvalue weighted by Crippen LogP contribution is 2.37. The van der Waals surface area contributed by atoms with Crippen LogP contribution in [0.1, 0.15) is 29.2 Å². The number of anilines is 2. The number of aliphatic hydroxyl groups is 1. The lowest BCUT2D eigenvalue weighted by atomic mass is 10.1. The van der Waals surface area contributed by atoms with Crippen LogP contribution in [0.2, 0.25) is 5.02 Å². The van der Waals surface area contributed by atoms with Crippen molar-refractivity contribution in [2.75, 3.05) is 10.6 Å². The van der Waals surface area contributed by atoms with Crippen LogP contribution in [0.3, 0.4) is 0 Å². The number of carbonyl (C=O) groups is 1. The number of fused-ring (bicyclic) bond motifs is 1. The highest BCUT2D eigenvalue weighted by Gasteiger charge is 2.33. The summed E-state index contributed by atoms with van der Waals surface area (Å²) in [5, 5.41) is 14.4. The van der Waals surface area contributed by atoms with Gasteiger partial charge in [-0.15, -0.1) is 0 Å². The zero-order valence-corrected chi connectivity index (χ0v) is 13.6. The SMILES string of the molecule is O=C(Nc1ccc(Cl)c(C(F)(F)F)c1)Nc1cccc2c1CCC2O. The van der Waals surface area contributed by atoms with Gasteiger partial charge in [-0.3, -0.25) is 0 Å². The summed E-state index contributed by atoms with van der Waals surface area (Å²) in [5.74, 6) is 0. The first kappa shape index (κ1) is 17.6. The summed E-state index contributed by atoms with van der Waals surface area (Å²) in [6, 6.07) is 7.64. The monoisotopic (exact) mass is 370 g/mol. The van der Waals surface area contributed by atoms with Gasteiger partial charge in [0.2, 0.25) is 0 Å². The van der Waals surface area contributed by atoms with Crippen molar-refractivity contribution in [3.63, 3.8) is 0 Å². The lowest BCUT2D eigenvalue weighted by Crippen LogP contribution is -2.20. The van der Waals surface area contributed by atoms with Crippen molar-refractivity contribution in [3.05, 3.63) is 58.1 Å². The molecule has 1 aliphatic carbocycles. The highest BCUT2D eigenvalue weighted by molar-refractivity contribution is 6.31. The Labute approximate surface area is 146 Å². The summed E-state index contributed by atoms with van der Waals surface area (Å²) in [5.41, 5.74) is 1.06. The van der Waals surface area contributed by atoms with Gasteiger partial charge in [-0.05, 0) is 48.2 Å². The van der Waals surface area contributed by atoms with Gasteiger partial charge in [0.25, 0.3) is 0 Å². The van der Waals surface area contributed by atoms with E-state index in [9.17, 15) is 23.1 Å². The van der Waals surface area contributed by atoms with Crippen molar-refractivity contribution < 1.29 is 23.1 Å². The van der Waals surface area contributed by atoms with E-state index in [1.54, 1.807) is 18.2 Å². The van der Waals surface area contributed by atoms with Crippen molar-refractivity contribution in [2.24, 2.45) is 0 Å². The number of nitrogens with one attached hydrogen (secondary N) is 2. The number of carbonyl (C=O) groups excluding carboxylic acids is 1. The van der Waals surface area contributed by atoms with Gasteiger partial charge in [0, 0.05) is 11.4 Å². The van der Waals surface area contributed by atoms with Crippen molar-refractivity contribution in [2.45, 2.75) is 25.1 Å². The smallest absolute Gasteiger partial charge is 0.388 e. The predicted octanol–water partition coefficient (Wildman–Crippen LogP) is 4.98. The van der Waals surface area contributed by atoms with E-state index in [1.807, 2.05) is 0 Å². The lowest BCUT2D eigenvalue weighted by molar-refractivity contribution is -0.137. The Hall–Kier alpha value is -2.25. The Morgan fingerprint density at radius 3 is 2.68 bits per heavy atom. The molecular formula is C17H14ClF3N2O2. The van der Waals surface area contributed by atoms with Gasteiger partial charge < -0.3 is 15.7 Å². The Bertz CT molecular complexity index is 824. The summed E-state index contributed by atoms with van der Waals surface area (Å²) >= 11 is 5.55. The molecule has 1 atom stereocenters. The van der Waals surface area contributed by atoms with Crippen LogP contribution < -0.4 is 10.6 Å². The van der Waals surface area contributed by atoms with Gasteiger partial charge in [-0.2, -0.15) is 13.2 Å². The summed E-state index contributed by atoms with van der Waals surface area (Å²) in [7, 11) is 0. The summed E-state index contributed by atoms with van der Waals surface area (Å²) in [6.45, 7) is 0. The molecule has 2 amide bonds. The second-order valence-corrected chi connectivity index (χ2v) is 6.11. The molecule has 0 heterocycles. The molecule has 4 nitrogen and oxygen atoms in total. The van der Waals surface area contributed by atoms with Crippen molar-refractivity contribution >= 4 is 29.0 Å². The Morgan fingerprint density at radius 2 is 1.96 bits per heavy atom. The van der Waals surface area contributed by atoms with E-state index in [4.69, 9.17) is 11.6 Å².